The molecule has 1 fully saturated rings. The summed E-state index contributed by atoms with van der Waals surface area (Å²) in [5, 5.41) is 8.80. The lowest BCUT2D eigenvalue weighted by Crippen LogP contribution is -2.46. The first-order valence-corrected chi connectivity index (χ1v) is 5.75. The molecule has 2 rings (SSSR count). The van der Waals surface area contributed by atoms with E-state index in [1.165, 1.54) is 0 Å². The van der Waals surface area contributed by atoms with E-state index in [0.717, 1.165) is 11.3 Å². The lowest BCUT2D eigenvalue weighted by atomic mass is 9.93. The number of aliphatic carboxylic acids is 1. The third kappa shape index (κ3) is 2.40. The SMILES string of the molecule is Cc1cccc(N2CCC(F)(C(=O)O)CC2)c1. The van der Waals surface area contributed by atoms with Gasteiger partial charge in [0, 0.05) is 31.6 Å². The zero-order valence-electron chi connectivity index (χ0n) is 9.82. The van der Waals surface area contributed by atoms with Crippen molar-refractivity contribution >= 4 is 11.7 Å². The zero-order chi connectivity index (χ0) is 12.5. The van der Waals surface area contributed by atoms with Crippen molar-refractivity contribution in [2.75, 3.05) is 18.0 Å². The van der Waals surface area contributed by atoms with E-state index in [4.69, 9.17) is 5.11 Å². The van der Waals surface area contributed by atoms with E-state index in [9.17, 15) is 9.18 Å². The summed E-state index contributed by atoms with van der Waals surface area (Å²) in [4.78, 5) is 12.8. The van der Waals surface area contributed by atoms with Crippen LogP contribution in [0.3, 0.4) is 0 Å². The van der Waals surface area contributed by atoms with Gasteiger partial charge in [0.05, 0.1) is 0 Å². The van der Waals surface area contributed by atoms with Gasteiger partial charge in [0.15, 0.2) is 0 Å². The summed E-state index contributed by atoms with van der Waals surface area (Å²) < 4.78 is 13.8. The van der Waals surface area contributed by atoms with Gasteiger partial charge in [0.2, 0.25) is 5.67 Å². The standard InChI is InChI=1S/C13H16FNO2/c1-10-3-2-4-11(9-10)15-7-5-13(14,6-8-15)12(16)17/h2-4,9H,5-8H2,1H3,(H,16,17). The van der Waals surface area contributed by atoms with Crippen LogP contribution in [0.4, 0.5) is 10.1 Å². The second-order valence-corrected chi connectivity index (χ2v) is 4.60. The van der Waals surface area contributed by atoms with Crippen LogP contribution in [-0.2, 0) is 4.79 Å². The van der Waals surface area contributed by atoms with Crippen LogP contribution in [0.2, 0.25) is 0 Å². The minimum absolute atomic E-state index is 0.0519. The molecule has 1 aliphatic rings. The Labute approximate surface area is 99.9 Å². The predicted molar refractivity (Wildman–Crippen MR) is 64.1 cm³/mol. The number of hydrogen-bond acceptors (Lipinski definition) is 2. The fourth-order valence-corrected chi connectivity index (χ4v) is 2.16. The van der Waals surface area contributed by atoms with Crippen molar-refractivity contribution in [3.05, 3.63) is 29.8 Å². The van der Waals surface area contributed by atoms with Gasteiger partial charge in [-0.2, -0.15) is 0 Å². The van der Waals surface area contributed by atoms with E-state index in [-0.39, 0.29) is 12.8 Å². The maximum absolute atomic E-state index is 13.8. The van der Waals surface area contributed by atoms with E-state index in [2.05, 4.69) is 0 Å². The number of benzene rings is 1. The van der Waals surface area contributed by atoms with Crippen LogP contribution in [-0.4, -0.2) is 29.8 Å². The molecule has 0 unspecified atom stereocenters. The number of carboxylic acid groups (broad SMARTS) is 1. The van der Waals surface area contributed by atoms with Crippen molar-refractivity contribution in [2.24, 2.45) is 0 Å². The summed E-state index contributed by atoms with van der Waals surface area (Å²) in [6.07, 6.45) is 0.104. The Balaban J connectivity index is 2.07. The second kappa shape index (κ2) is 4.35. The highest BCUT2D eigenvalue weighted by molar-refractivity contribution is 5.77. The van der Waals surface area contributed by atoms with E-state index in [1.807, 2.05) is 36.1 Å². The van der Waals surface area contributed by atoms with Gasteiger partial charge in [-0.3, -0.25) is 0 Å². The normalized spacial score (nSPS) is 19.1. The maximum Gasteiger partial charge on any atom is 0.341 e. The van der Waals surface area contributed by atoms with Crippen molar-refractivity contribution in [1.82, 2.24) is 0 Å². The maximum atomic E-state index is 13.8. The molecule has 0 aromatic heterocycles. The van der Waals surface area contributed by atoms with E-state index >= 15 is 0 Å². The predicted octanol–water partition coefficient (Wildman–Crippen LogP) is 2.39. The van der Waals surface area contributed by atoms with Crippen molar-refractivity contribution in [1.29, 1.82) is 0 Å². The number of piperidine rings is 1. The molecular weight excluding hydrogens is 221 g/mol. The van der Waals surface area contributed by atoms with E-state index in [1.54, 1.807) is 0 Å². The number of carboxylic acids is 1. The van der Waals surface area contributed by atoms with Crippen molar-refractivity contribution < 1.29 is 14.3 Å². The molecular formula is C13H16FNO2. The molecule has 1 heterocycles. The molecule has 0 saturated carbocycles. The Bertz CT molecular complexity index is 425. The van der Waals surface area contributed by atoms with Gasteiger partial charge >= 0.3 is 5.97 Å². The van der Waals surface area contributed by atoms with Crippen LogP contribution in [0.1, 0.15) is 18.4 Å². The van der Waals surface area contributed by atoms with E-state index in [0.29, 0.717) is 13.1 Å². The number of alkyl halides is 1. The molecule has 3 nitrogen and oxygen atoms in total. The number of anilines is 1. The number of nitrogens with zero attached hydrogens (tertiary/aromatic N) is 1. The van der Waals surface area contributed by atoms with Crippen LogP contribution >= 0.6 is 0 Å². The van der Waals surface area contributed by atoms with Crippen LogP contribution in [0.15, 0.2) is 24.3 Å². The molecule has 1 N–H and O–H groups in total. The van der Waals surface area contributed by atoms with Gasteiger partial charge in [0.25, 0.3) is 0 Å². The van der Waals surface area contributed by atoms with Gasteiger partial charge in [0.1, 0.15) is 0 Å². The number of halogens is 1. The Hall–Kier alpha value is -1.58. The van der Waals surface area contributed by atoms with Crippen LogP contribution in [0, 0.1) is 6.92 Å². The first kappa shape index (κ1) is 11.9. The first-order chi connectivity index (χ1) is 8.01. The number of carbonyl (C=O) groups is 1. The third-order valence-electron chi connectivity index (χ3n) is 3.31. The Morgan fingerprint density at radius 2 is 2.06 bits per heavy atom. The molecule has 0 bridgehead atoms. The number of aryl methyl sites for hydroxylation is 1. The molecule has 0 radical (unpaired) electrons. The Morgan fingerprint density at radius 3 is 2.59 bits per heavy atom. The van der Waals surface area contributed by atoms with Gasteiger partial charge in [-0.1, -0.05) is 12.1 Å². The van der Waals surface area contributed by atoms with Gasteiger partial charge in [-0.05, 0) is 24.6 Å². The molecule has 4 heteroatoms. The van der Waals surface area contributed by atoms with Crippen LogP contribution < -0.4 is 4.90 Å². The topological polar surface area (TPSA) is 40.5 Å². The average Bonchev–Trinajstić information content (AvgIpc) is 2.30. The molecule has 92 valence electrons. The lowest BCUT2D eigenvalue weighted by molar-refractivity contribution is -0.152. The van der Waals surface area contributed by atoms with Crippen LogP contribution in [0.5, 0.6) is 0 Å². The molecule has 0 aliphatic carbocycles. The summed E-state index contributed by atoms with van der Waals surface area (Å²) in [5.74, 6) is -1.33. The highest BCUT2D eigenvalue weighted by Gasteiger charge is 2.41. The largest absolute Gasteiger partial charge is 0.479 e. The Kier molecular flexibility index (Phi) is 3.05. The van der Waals surface area contributed by atoms with Crippen molar-refractivity contribution in [2.45, 2.75) is 25.4 Å². The summed E-state index contributed by atoms with van der Waals surface area (Å²) in [6, 6.07) is 7.97. The van der Waals surface area contributed by atoms with Gasteiger partial charge in [-0.25, -0.2) is 9.18 Å². The smallest absolute Gasteiger partial charge is 0.341 e. The summed E-state index contributed by atoms with van der Waals surface area (Å²) in [5.41, 5.74) is 0.149. The molecule has 0 amide bonds. The number of hydrogen-bond donors (Lipinski definition) is 1. The minimum atomic E-state index is -2.04. The van der Waals surface area contributed by atoms with Crippen LogP contribution in [0.25, 0.3) is 0 Å². The third-order valence-corrected chi connectivity index (χ3v) is 3.31. The average molecular weight is 237 g/mol. The molecule has 0 spiro atoms. The molecule has 1 aromatic rings. The fraction of sp³-hybridized carbons (Fsp3) is 0.462. The number of rotatable bonds is 2. The molecule has 1 aliphatic heterocycles. The zero-order valence-corrected chi connectivity index (χ0v) is 9.82. The lowest BCUT2D eigenvalue weighted by Gasteiger charge is -2.35. The van der Waals surface area contributed by atoms with Gasteiger partial charge in [-0.15, -0.1) is 0 Å². The summed E-state index contributed by atoms with van der Waals surface area (Å²) in [7, 11) is 0. The quantitative estimate of drug-likeness (QED) is 0.858. The molecule has 1 aromatic carbocycles. The second-order valence-electron chi connectivity index (χ2n) is 4.60. The first-order valence-electron chi connectivity index (χ1n) is 5.75. The van der Waals surface area contributed by atoms with Crippen molar-refractivity contribution in [3.8, 4) is 0 Å². The highest BCUT2D eigenvalue weighted by atomic mass is 19.1. The van der Waals surface area contributed by atoms with Crippen molar-refractivity contribution in [3.63, 3.8) is 0 Å². The van der Waals surface area contributed by atoms with E-state index < -0.39 is 11.6 Å². The highest BCUT2D eigenvalue weighted by Crippen LogP contribution is 2.29. The summed E-state index contributed by atoms with van der Waals surface area (Å²) >= 11 is 0. The summed E-state index contributed by atoms with van der Waals surface area (Å²) in [6.45, 7) is 2.91. The molecule has 1 saturated heterocycles. The Morgan fingerprint density at radius 1 is 1.41 bits per heavy atom. The minimum Gasteiger partial charge on any atom is -0.479 e. The monoisotopic (exact) mass is 237 g/mol. The van der Waals surface area contributed by atoms with Gasteiger partial charge < -0.3 is 10.0 Å². The molecule has 17 heavy (non-hydrogen) atoms. The fourth-order valence-electron chi connectivity index (χ4n) is 2.16. The molecule has 0 atom stereocenters.